The van der Waals surface area contributed by atoms with E-state index >= 15 is 0 Å². The summed E-state index contributed by atoms with van der Waals surface area (Å²) in [6.07, 6.45) is 1.95. The Bertz CT molecular complexity index is 809. The number of non-ortho nitro benzene ring substituents is 1. The minimum atomic E-state index is -0.399. The molecule has 6 heteroatoms. The maximum atomic E-state index is 10.8. The van der Waals surface area contributed by atoms with Gasteiger partial charge in [-0.2, -0.15) is 0 Å². The first kappa shape index (κ1) is 14.2. The van der Waals surface area contributed by atoms with Gasteiger partial charge in [0, 0.05) is 30.4 Å². The van der Waals surface area contributed by atoms with Gasteiger partial charge in [-0.25, -0.2) is 4.98 Å². The summed E-state index contributed by atoms with van der Waals surface area (Å²) >= 11 is 0. The first-order valence-corrected chi connectivity index (χ1v) is 7.12. The highest BCUT2D eigenvalue weighted by molar-refractivity contribution is 5.66. The van der Waals surface area contributed by atoms with Gasteiger partial charge in [-0.1, -0.05) is 13.0 Å². The average molecular weight is 296 g/mol. The van der Waals surface area contributed by atoms with Gasteiger partial charge in [-0.3, -0.25) is 14.5 Å². The Morgan fingerprint density at radius 2 is 2.00 bits per heavy atom. The summed E-state index contributed by atoms with van der Waals surface area (Å²) < 4.78 is 2.01. The predicted molar refractivity (Wildman–Crippen MR) is 84.7 cm³/mol. The Kier molecular flexibility index (Phi) is 3.84. The molecule has 1 aromatic carbocycles. The predicted octanol–water partition coefficient (Wildman–Crippen LogP) is 3.02. The number of aromatic nitrogens is 2. The van der Waals surface area contributed by atoms with Crippen molar-refractivity contribution < 1.29 is 4.92 Å². The maximum Gasteiger partial charge on any atom is 0.269 e. The molecule has 0 saturated carbocycles. The zero-order valence-corrected chi connectivity index (χ0v) is 12.2. The Balaban J connectivity index is 2.08. The first-order valence-electron chi connectivity index (χ1n) is 7.12. The molecule has 0 aliphatic rings. The molecule has 0 fully saturated rings. The van der Waals surface area contributed by atoms with E-state index < -0.39 is 4.92 Å². The monoisotopic (exact) mass is 296 g/mol. The third kappa shape index (κ3) is 2.56. The van der Waals surface area contributed by atoms with E-state index in [1.807, 2.05) is 28.8 Å². The van der Waals surface area contributed by atoms with E-state index in [0.29, 0.717) is 6.54 Å². The molecule has 0 unspecified atom stereocenters. The molecule has 0 spiro atoms. The van der Waals surface area contributed by atoms with Crippen LogP contribution in [-0.2, 0) is 6.54 Å². The van der Waals surface area contributed by atoms with Crippen LogP contribution in [0.3, 0.4) is 0 Å². The fourth-order valence-electron chi connectivity index (χ4n) is 2.41. The molecule has 2 aromatic heterocycles. The second-order valence-corrected chi connectivity index (χ2v) is 4.92. The van der Waals surface area contributed by atoms with E-state index in [1.165, 1.54) is 12.1 Å². The quantitative estimate of drug-likeness (QED) is 0.580. The molecule has 0 atom stereocenters. The number of benzene rings is 1. The van der Waals surface area contributed by atoms with Crippen LogP contribution in [0, 0.1) is 10.1 Å². The fourth-order valence-corrected chi connectivity index (χ4v) is 2.41. The zero-order valence-electron chi connectivity index (χ0n) is 12.2. The van der Waals surface area contributed by atoms with Crippen molar-refractivity contribution in [2.45, 2.75) is 13.5 Å². The number of nitro benzene ring substituents is 1. The van der Waals surface area contributed by atoms with Gasteiger partial charge in [0.05, 0.1) is 16.1 Å². The molecule has 0 saturated heterocycles. The number of nitro groups is 1. The minimum Gasteiger partial charge on any atom is -0.311 e. The van der Waals surface area contributed by atoms with Crippen LogP contribution < -0.4 is 5.32 Å². The Morgan fingerprint density at radius 1 is 1.23 bits per heavy atom. The normalized spacial score (nSPS) is 11.0. The van der Waals surface area contributed by atoms with Crippen LogP contribution in [0.1, 0.15) is 12.6 Å². The number of nitrogens with one attached hydrogen (secondary N) is 1. The average Bonchev–Trinajstić information content (AvgIpc) is 2.92. The number of hydrogen-bond donors (Lipinski definition) is 1. The summed E-state index contributed by atoms with van der Waals surface area (Å²) in [4.78, 5) is 15.1. The zero-order chi connectivity index (χ0) is 15.5. The van der Waals surface area contributed by atoms with Crippen molar-refractivity contribution in [2.24, 2.45) is 0 Å². The molecule has 1 N–H and O–H groups in total. The number of fused-ring (bicyclic) bond motifs is 1. The highest BCUT2D eigenvalue weighted by atomic mass is 16.6. The van der Waals surface area contributed by atoms with Gasteiger partial charge in [0.2, 0.25) is 0 Å². The number of pyridine rings is 1. The number of rotatable bonds is 5. The van der Waals surface area contributed by atoms with E-state index in [9.17, 15) is 10.1 Å². The lowest BCUT2D eigenvalue weighted by Gasteiger charge is -2.00. The summed E-state index contributed by atoms with van der Waals surface area (Å²) in [6, 6.07) is 12.4. The minimum absolute atomic E-state index is 0.0810. The van der Waals surface area contributed by atoms with Crippen LogP contribution in [0.2, 0.25) is 0 Å². The molecule has 0 aliphatic heterocycles. The molecule has 22 heavy (non-hydrogen) atoms. The Morgan fingerprint density at radius 3 is 2.68 bits per heavy atom. The summed E-state index contributed by atoms with van der Waals surface area (Å²) in [5.41, 5.74) is 2.94. The van der Waals surface area contributed by atoms with Crippen LogP contribution in [0.15, 0.2) is 48.7 Å². The lowest BCUT2D eigenvalue weighted by Crippen LogP contribution is -2.12. The highest BCUT2D eigenvalue weighted by Gasteiger charge is 2.13. The molecule has 0 radical (unpaired) electrons. The molecule has 3 rings (SSSR count). The smallest absolute Gasteiger partial charge is 0.269 e. The van der Waals surface area contributed by atoms with Crippen LogP contribution >= 0.6 is 0 Å². The molecule has 0 bridgehead atoms. The van der Waals surface area contributed by atoms with Crippen LogP contribution in [0.25, 0.3) is 16.9 Å². The molecule has 2 heterocycles. The molecule has 112 valence electrons. The number of hydrogen-bond acceptors (Lipinski definition) is 4. The largest absolute Gasteiger partial charge is 0.311 e. The van der Waals surface area contributed by atoms with Crippen molar-refractivity contribution in [3.63, 3.8) is 0 Å². The van der Waals surface area contributed by atoms with Gasteiger partial charge in [0.25, 0.3) is 5.69 Å². The van der Waals surface area contributed by atoms with E-state index in [2.05, 4.69) is 12.2 Å². The van der Waals surface area contributed by atoms with Crippen molar-refractivity contribution >= 4 is 11.2 Å². The number of nitrogens with zero attached hydrogens (tertiary/aromatic N) is 3. The Labute approximate surface area is 127 Å². The third-order valence-electron chi connectivity index (χ3n) is 3.50. The van der Waals surface area contributed by atoms with Crippen LogP contribution in [-0.4, -0.2) is 20.9 Å². The first-order chi connectivity index (χ1) is 10.7. The standard InChI is InChI=1S/C16H16N4O2/c1-2-17-11-14-15-5-3-4-10-19(15)16(18-14)12-6-8-13(9-7-12)20(21)22/h3-10,17H,2,11H2,1H3. The van der Waals surface area contributed by atoms with Crippen LogP contribution in [0.4, 0.5) is 5.69 Å². The maximum absolute atomic E-state index is 10.8. The second kappa shape index (κ2) is 5.95. The van der Waals surface area contributed by atoms with Crippen molar-refractivity contribution in [3.05, 3.63) is 64.5 Å². The van der Waals surface area contributed by atoms with Crippen molar-refractivity contribution in [1.82, 2.24) is 14.7 Å². The summed E-state index contributed by atoms with van der Waals surface area (Å²) in [5, 5.41) is 14.0. The van der Waals surface area contributed by atoms with E-state index in [1.54, 1.807) is 12.1 Å². The molecule has 3 aromatic rings. The van der Waals surface area contributed by atoms with Crippen molar-refractivity contribution in [2.75, 3.05) is 6.54 Å². The lowest BCUT2D eigenvalue weighted by molar-refractivity contribution is -0.384. The molecule has 0 aliphatic carbocycles. The van der Waals surface area contributed by atoms with Gasteiger partial charge in [0.1, 0.15) is 5.82 Å². The molecule has 6 nitrogen and oxygen atoms in total. The molecular formula is C16H16N4O2. The van der Waals surface area contributed by atoms with Gasteiger partial charge in [-0.15, -0.1) is 0 Å². The third-order valence-corrected chi connectivity index (χ3v) is 3.50. The Hall–Kier alpha value is -2.73. The SMILES string of the molecule is CCNCc1nc(-c2ccc([N+](=O)[O-])cc2)n2ccccc12. The van der Waals surface area contributed by atoms with Gasteiger partial charge >= 0.3 is 0 Å². The van der Waals surface area contributed by atoms with Crippen molar-refractivity contribution in [1.29, 1.82) is 0 Å². The topological polar surface area (TPSA) is 72.5 Å². The van der Waals surface area contributed by atoms with E-state index in [4.69, 9.17) is 4.98 Å². The van der Waals surface area contributed by atoms with Gasteiger partial charge in [0.15, 0.2) is 0 Å². The number of imidazole rings is 1. The van der Waals surface area contributed by atoms with Gasteiger partial charge < -0.3 is 5.32 Å². The fraction of sp³-hybridized carbons (Fsp3) is 0.188. The van der Waals surface area contributed by atoms with Crippen molar-refractivity contribution in [3.8, 4) is 11.4 Å². The van der Waals surface area contributed by atoms with E-state index in [0.717, 1.165) is 29.1 Å². The second-order valence-electron chi connectivity index (χ2n) is 4.92. The summed E-state index contributed by atoms with van der Waals surface area (Å²) in [5.74, 6) is 0.790. The summed E-state index contributed by atoms with van der Waals surface area (Å²) in [7, 11) is 0. The van der Waals surface area contributed by atoms with Gasteiger partial charge in [-0.05, 0) is 30.8 Å². The summed E-state index contributed by atoms with van der Waals surface area (Å²) in [6.45, 7) is 3.62. The molecule has 0 amide bonds. The highest BCUT2D eigenvalue weighted by Crippen LogP contribution is 2.24. The molecular weight excluding hydrogens is 280 g/mol. The lowest BCUT2D eigenvalue weighted by atomic mass is 10.2. The van der Waals surface area contributed by atoms with Crippen LogP contribution in [0.5, 0.6) is 0 Å². The van der Waals surface area contributed by atoms with E-state index in [-0.39, 0.29) is 5.69 Å².